The van der Waals surface area contributed by atoms with Gasteiger partial charge in [-0.1, -0.05) is 61.8 Å². The number of nitrogens with one attached hydrogen (secondary N) is 4. The average molecular weight is 503 g/mol. The van der Waals surface area contributed by atoms with Crippen LogP contribution in [0.3, 0.4) is 0 Å². The SMILES string of the molecule is CC.CC.CC.CC1=c2ccc([nH]2)=C(C)c2ccc([nH]2)C(C)=c2ccc([nH]2)=C(C)c2ccc1[nH]2.CCC. The van der Waals surface area contributed by atoms with Crippen LogP contribution in [0, 0.1) is 0 Å². The first kappa shape index (κ1) is 31.6. The quantitative estimate of drug-likeness (QED) is 0.207. The van der Waals surface area contributed by atoms with Gasteiger partial charge in [-0.3, -0.25) is 0 Å². The van der Waals surface area contributed by atoms with Gasteiger partial charge in [0.1, 0.15) is 0 Å². The van der Waals surface area contributed by atoms with Crippen molar-refractivity contribution in [2.75, 3.05) is 0 Å². The molecule has 1 aliphatic rings. The number of hydrogen-bond acceptors (Lipinski definition) is 0. The fourth-order valence-electron chi connectivity index (χ4n) is 3.91. The van der Waals surface area contributed by atoms with Crippen molar-refractivity contribution < 1.29 is 0 Å². The molecular weight excluding hydrogens is 452 g/mol. The molecule has 4 heteroatoms. The van der Waals surface area contributed by atoms with E-state index < -0.39 is 0 Å². The number of aromatic amines is 4. The summed E-state index contributed by atoms with van der Waals surface area (Å²) in [7, 11) is 0. The third kappa shape index (κ3) is 7.31. The number of hydrogen-bond donors (Lipinski definition) is 4. The molecule has 4 aromatic rings. The summed E-state index contributed by atoms with van der Waals surface area (Å²) in [6.45, 7) is 24.8. The zero-order valence-corrected chi connectivity index (χ0v) is 25.3. The highest BCUT2D eigenvalue weighted by atomic mass is 14.8. The van der Waals surface area contributed by atoms with Gasteiger partial charge in [0, 0.05) is 44.2 Å². The van der Waals surface area contributed by atoms with Gasteiger partial charge >= 0.3 is 0 Å². The molecule has 0 saturated carbocycles. The summed E-state index contributed by atoms with van der Waals surface area (Å²) < 4.78 is 0. The molecule has 0 fully saturated rings. The third-order valence-corrected chi connectivity index (χ3v) is 5.98. The number of rotatable bonds is 0. The van der Waals surface area contributed by atoms with Gasteiger partial charge in [0.15, 0.2) is 0 Å². The summed E-state index contributed by atoms with van der Waals surface area (Å²) in [6, 6.07) is 17.2. The maximum atomic E-state index is 3.58. The standard InChI is InChI=1S/C24H24N4.C3H8.3C2H6/c1-13-17-5-7-19(25-17)14(2)21-9-11-23(27-21)16(4)24-12-10-22(28-24)15(3)20-8-6-18(13)26-20;1-3-2;3*1-2/h5-12,25-28H,1-4H3;3H2,1-2H3;3*1-2H3. The topological polar surface area (TPSA) is 63.2 Å². The lowest BCUT2D eigenvalue weighted by Crippen LogP contribution is -2.16. The predicted molar refractivity (Wildman–Crippen MR) is 164 cm³/mol. The molecule has 0 aromatic carbocycles. The van der Waals surface area contributed by atoms with Gasteiger partial charge in [-0.05, 0) is 98.5 Å². The summed E-state index contributed by atoms with van der Waals surface area (Å²) in [5, 5.41) is 4.52. The summed E-state index contributed by atoms with van der Waals surface area (Å²) in [5.74, 6) is 0. The van der Waals surface area contributed by atoms with Crippen LogP contribution in [0.15, 0.2) is 48.5 Å². The molecule has 202 valence electrons. The first-order chi connectivity index (χ1) is 17.9. The van der Waals surface area contributed by atoms with Crippen LogP contribution in [0.25, 0.3) is 22.3 Å². The molecule has 5 rings (SSSR count). The van der Waals surface area contributed by atoms with Crippen LogP contribution in [0.2, 0.25) is 0 Å². The Balaban J connectivity index is 0.000000685. The second-order valence-electron chi connectivity index (χ2n) is 8.35. The molecule has 4 nitrogen and oxygen atoms in total. The van der Waals surface area contributed by atoms with Crippen LogP contribution in [-0.2, 0) is 0 Å². The highest BCUT2D eigenvalue weighted by molar-refractivity contribution is 5.69. The van der Waals surface area contributed by atoms with Gasteiger partial charge in [0.05, 0.1) is 0 Å². The smallest absolute Gasteiger partial charge is 0.0435 e. The van der Waals surface area contributed by atoms with E-state index in [1.165, 1.54) is 28.7 Å². The van der Waals surface area contributed by atoms with Gasteiger partial charge in [0.25, 0.3) is 0 Å². The van der Waals surface area contributed by atoms with E-state index in [1.54, 1.807) is 0 Å². The molecule has 0 amide bonds. The highest BCUT2D eigenvalue weighted by Crippen LogP contribution is 2.16. The molecule has 4 N–H and O–H groups in total. The lowest BCUT2D eigenvalue weighted by atomic mass is 10.2. The van der Waals surface area contributed by atoms with Crippen LogP contribution in [-0.4, -0.2) is 19.9 Å². The predicted octanol–water partition coefficient (Wildman–Crippen LogP) is 6.68. The molecule has 0 radical (unpaired) electrons. The first-order valence-electron chi connectivity index (χ1n) is 14.1. The van der Waals surface area contributed by atoms with Crippen molar-refractivity contribution in [3.05, 3.63) is 92.7 Å². The Hall–Kier alpha value is -3.40. The van der Waals surface area contributed by atoms with Crippen LogP contribution >= 0.6 is 0 Å². The third-order valence-electron chi connectivity index (χ3n) is 5.98. The maximum Gasteiger partial charge on any atom is 0.0435 e. The number of H-pyrrole nitrogens is 4. The molecule has 0 saturated heterocycles. The normalized spacial score (nSPS) is 11.7. The Morgan fingerprint density at radius 2 is 0.568 bits per heavy atom. The average Bonchev–Trinajstić information content (AvgIpc) is 3.76. The summed E-state index contributed by atoms with van der Waals surface area (Å²) in [4.78, 5) is 14.3. The molecule has 0 spiro atoms. The van der Waals surface area contributed by atoms with Gasteiger partial charge in [-0.25, -0.2) is 0 Å². The minimum atomic E-state index is 1.13. The van der Waals surface area contributed by atoms with Crippen molar-refractivity contribution in [1.82, 2.24) is 19.9 Å². The lowest BCUT2D eigenvalue weighted by Gasteiger charge is -2.01. The van der Waals surface area contributed by atoms with E-state index >= 15 is 0 Å². The molecule has 0 unspecified atom stereocenters. The minimum Gasteiger partial charge on any atom is -0.355 e. The van der Waals surface area contributed by atoms with Crippen molar-refractivity contribution in [2.45, 2.75) is 89.5 Å². The summed E-state index contributed by atoms with van der Waals surface area (Å²) in [6.07, 6.45) is 1.25. The molecule has 0 aliphatic carbocycles. The van der Waals surface area contributed by atoms with Crippen molar-refractivity contribution in [3.63, 3.8) is 0 Å². The van der Waals surface area contributed by atoms with E-state index in [4.69, 9.17) is 0 Å². The largest absolute Gasteiger partial charge is 0.355 e. The van der Waals surface area contributed by atoms with Crippen LogP contribution in [0.5, 0.6) is 0 Å². The number of aromatic nitrogens is 4. The maximum absolute atomic E-state index is 3.58. The molecule has 0 atom stereocenters. The minimum absolute atomic E-state index is 1.13. The van der Waals surface area contributed by atoms with Gasteiger partial charge in [0.2, 0.25) is 0 Å². The Bertz CT molecular complexity index is 1250. The van der Waals surface area contributed by atoms with Gasteiger partial charge < -0.3 is 19.9 Å². The highest BCUT2D eigenvalue weighted by Gasteiger charge is 2.08. The van der Waals surface area contributed by atoms with Crippen LogP contribution in [0.1, 0.15) is 112 Å². The fourth-order valence-corrected chi connectivity index (χ4v) is 3.91. The first-order valence-corrected chi connectivity index (χ1v) is 14.1. The zero-order chi connectivity index (χ0) is 28.1. The molecule has 4 aromatic heterocycles. The fraction of sp³-hybridized carbons (Fsp3) is 0.394. The van der Waals surface area contributed by atoms with Gasteiger partial charge in [-0.2, -0.15) is 0 Å². The summed E-state index contributed by atoms with van der Waals surface area (Å²) >= 11 is 0. The van der Waals surface area contributed by atoms with E-state index in [1.807, 2.05) is 41.5 Å². The van der Waals surface area contributed by atoms with Crippen molar-refractivity contribution in [1.29, 1.82) is 0 Å². The van der Waals surface area contributed by atoms with Crippen LogP contribution < -0.4 is 21.4 Å². The van der Waals surface area contributed by atoms with Crippen molar-refractivity contribution in [2.24, 2.45) is 0 Å². The number of fused-ring (bicyclic) bond motifs is 8. The van der Waals surface area contributed by atoms with Crippen LogP contribution in [0.4, 0.5) is 0 Å². The molecule has 37 heavy (non-hydrogen) atoms. The summed E-state index contributed by atoms with van der Waals surface area (Å²) in [5.41, 5.74) is 9.33. The van der Waals surface area contributed by atoms with E-state index in [0.717, 1.165) is 44.2 Å². The Morgan fingerprint density at radius 3 is 0.757 bits per heavy atom. The molecular formula is C33H50N4. The van der Waals surface area contributed by atoms with E-state index in [2.05, 4.69) is 110 Å². The monoisotopic (exact) mass is 502 g/mol. The van der Waals surface area contributed by atoms with E-state index in [9.17, 15) is 0 Å². The molecule has 1 aliphatic heterocycles. The second-order valence-corrected chi connectivity index (χ2v) is 8.35. The Kier molecular flexibility index (Phi) is 13.4. The van der Waals surface area contributed by atoms with E-state index in [0.29, 0.717) is 0 Å². The second kappa shape index (κ2) is 15.7. The zero-order valence-electron chi connectivity index (χ0n) is 25.3. The molecule has 5 heterocycles. The van der Waals surface area contributed by atoms with Crippen molar-refractivity contribution in [3.8, 4) is 0 Å². The van der Waals surface area contributed by atoms with E-state index in [-0.39, 0.29) is 0 Å². The van der Waals surface area contributed by atoms with Crippen molar-refractivity contribution >= 4 is 22.3 Å². The Morgan fingerprint density at radius 1 is 0.378 bits per heavy atom. The Labute approximate surface area is 224 Å². The lowest BCUT2D eigenvalue weighted by molar-refractivity contribution is 1.09. The molecule has 8 bridgehead atoms. The van der Waals surface area contributed by atoms with Gasteiger partial charge in [-0.15, -0.1) is 0 Å².